The van der Waals surface area contributed by atoms with Crippen LogP contribution in [0.1, 0.15) is 45.6 Å². The fourth-order valence-electron chi connectivity index (χ4n) is 2.36. The van der Waals surface area contributed by atoms with Gasteiger partial charge in [-0.1, -0.05) is 19.8 Å². The molecule has 0 saturated heterocycles. The second-order valence-electron chi connectivity index (χ2n) is 5.70. The van der Waals surface area contributed by atoms with Gasteiger partial charge in [-0.15, -0.1) is 0 Å². The molecule has 2 N–H and O–H groups in total. The fourth-order valence-corrected chi connectivity index (χ4v) is 2.36. The summed E-state index contributed by atoms with van der Waals surface area (Å²) in [6.07, 6.45) is 3.40. The molecular weight excluding hydrogens is 252 g/mol. The van der Waals surface area contributed by atoms with Gasteiger partial charge >= 0.3 is 0 Å². The van der Waals surface area contributed by atoms with E-state index in [2.05, 4.69) is 25.8 Å². The predicted octanol–water partition coefficient (Wildman–Crippen LogP) is 3.54. The highest BCUT2D eigenvalue weighted by atomic mass is 16.5. The summed E-state index contributed by atoms with van der Waals surface area (Å²) in [5, 5.41) is 0. The van der Waals surface area contributed by atoms with Crippen molar-refractivity contribution in [1.29, 1.82) is 0 Å². The number of benzene rings is 1. The Morgan fingerprint density at radius 3 is 2.60 bits per heavy atom. The second kappa shape index (κ2) is 5.73. The summed E-state index contributed by atoms with van der Waals surface area (Å²) < 4.78 is 11.3. The SMILES string of the molecule is CCCCCOc1cc2c(cc1OC)C(C)(C)C(N)=N2. The van der Waals surface area contributed by atoms with E-state index in [9.17, 15) is 0 Å². The van der Waals surface area contributed by atoms with E-state index < -0.39 is 0 Å². The second-order valence-corrected chi connectivity index (χ2v) is 5.70. The first-order valence-electron chi connectivity index (χ1n) is 7.20. The van der Waals surface area contributed by atoms with Gasteiger partial charge in [-0.25, -0.2) is 4.99 Å². The third-order valence-electron chi connectivity index (χ3n) is 3.84. The van der Waals surface area contributed by atoms with Gasteiger partial charge in [-0.05, 0) is 31.9 Å². The molecule has 1 aliphatic heterocycles. The zero-order chi connectivity index (χ0) is 14.8. The van der Waals surface area contributed by atoms with Crippen LogP contribution in [0.2, 0.25) is 0 Å². The fraction of sp³-hybridized carbons (Fsp3) is 0.562. The van der Waals surface area contributed by atoms with Crippen molar-refractivity contribution in [1.82, 2.24) is 0 Å². The van der Waals surface area contributed by atoms with E-state index in [1.165, 1.54) is 12.8 Å². The van der Waals surface area contributed by atoms with Crippen LogP contribution in [0.5, 0.6) is 11.5 Å². The van der Waals surface area contributed by atoms with E-state index in [0.717, 1.165) is 29.2 Å². The molecule has 1 heterocycles. The van der Waals surface area contributed by atoms with Gasteiger partial charge in [0.05, 0.1) is 19.4 Å². The van der Waals surface area contributed by atoms with Gasteiger partial charge < -0.3 is 15.2 Å². The van der Waals surface area contributed by atoms with Crippen LogP contribution in [0.4, 0.5) is 5.69 Å². The van der Waals surface area contributed by atoms with Gasteiger partial charge in [-0.2, -0.15) is 0 Å². The maximum atomic E-state index is 6.01. The van der Waals surface area contributed by atoms with Crippen LogP contribution < -0.4 is 15.2 Å². The van der Waals surface area contributed by atoms with Gasteiger partial charge in [-0.3, -0.25) is 0 Å². The van der Waals surface area contributed by atoms with Crippen LogP contribution in [0.25, 0.3) is 0 Å². The summed E-state index contributed by atoms with van der Waals surface area (Å²) in [7, 11) is 1.66. The molecule has 0 aliphatic carbocycles. The highest BCUT2D eigenvalue weighted by Crippen LogP contribution is 2.44. The number of hydrogen-bond acceptors (Lipinski definition) is 4. The van der Waals surface area contributed by atoms with Crippen LogP contribution in [0, 0.1) is 0 Å². The molecule has 1 aromatic rings. The standard InChI is InChI=1S/C16H24N2O2/c1-5-6-7-8-20-14-10-12-11(9-13(14)19-4)16(2,3)15(17)18-12/h9-10H,5-8H2,1-4H3,(H2,17,18). The van der Waals surface area contributed by atoms with Crippen LogP contribution in [0.15, 0.2) is 17.1 Å². The zero-order valence-corrected chi connectivity index (χ0v) is 12.8. The zero-order valence-electron chi connectivity index (χ0n) is 12.8. The first-order valence-corrected chi connectivity index (χ1v) is 7.20. The van der Waals surface area contributed by atoms with Crippen molar-refractivity contribution in [2.75, 3.05) is 13.7 Å². The van der Waals surface area contributed by atoms with E-state index >= 15 is 0 Å². The average molecular weight is 276 g/mol. The molecule has 4 nitrogen and oxygen atoms in total. The van der Waals surface area contributed by atoms with Crippen LogP contribution >= 0.6 is 0 Å². The van der Waals surface area contributed by atoms with Gasteiger partial charge in [0.2, 0.25) is 0 Å². The lowest BCUT2D eigenvalue weighted by atomic mass is 9.85. The summed E-state index contributed by atoms with van der Waals surface area (Å²) in [6, 6.07) is 3.93. The van der Waals surface area contributed by atoms with E-state index in [0.29, 0.717) is 12.4 Å². The van der Waals surface area contributed by atoms with Crippen molar-refractivity contribution in [2.45, 2.75) is 45.4 Å². The molecule has 1 aliphatic rings. The summed E-state index contributed by atoms with van der Waals surface area (Å²) in [6.45, 7) is 7.01. The third-order valence-corrected chi connectivity index (χ3v) is 3.84. The lowest BCUT2D eigenvalue weighted by molar-refractivity contribution is 0.286. The quantitative estimate of drug-likeness (QED) is 0.808. The molecule has 4 heteroatoms. The van der Waals surface area contributed by atoms with E-state index in [-0.39, 0.29) is 5.41 Å². The van der Waals surface area contributed by atoms with Crippen LogP contribution in [-0.4, -0.2) is 19.6 Å². The summed E-state index contributed by atoms with van der Waals surface area (Å²) in [4.78, 5) is 4.44. The smallest absolute Gasteiger partial charge is 0.163 e. The molecule has 110 valence electrons. The van der Waals surface area contributed by atoms with Crippen LogP contribution in [0.3, 0.4) is 0 Å². The maximum Gasteiger partial charge on any atom is 0.163 e. The monoisotopic (exact) mass is 276 g/mol. The van der Waals surface area contributed by atoms with Gasteiger partial charge in [0, 0.05) is 11.5 Å². The number of nitrogens with zero attached hydrogens (tertiary/aromatic N) is 1. The van der Waals surface area contributed by atoms with E-state index in [1.54, 1.807) is 7.11 Å². The molecular formula is C16H24N2O2. The molecule has 0 saturated carbocycles. The van der Waals surface area contributed by atoms with Crippen molar-refractivity contribution in [3.63, 3.8) is 0 Å². The van der Waals surface area contributed by atoms with Gasteiger partial charge in [0.15, 0.2) is 11.5 Å². The molecule has 1 aromatic carbocycles. The number of nitrogens with two attached hydrogens (primary N) is 1. The molecule has 0 radical (unpaired) electrons. The minimum absolute atomic E-state index is 0.247. The Hall–Kier alpha value is -1.71. The first-order chi connectivity index (χ1) is 9.50. The molecule has 20 heavy (non-hydrogen) atoms. The minimum Gasteiger partial charge on any atom is -0.493 e. The molecule has 0 bridgehead atoms. The highest BCUT2D eigenvalue weighted by Gasteiger charge is 2.34. The number of fused-ring (bicyclic) bond motifs is 1. The third kappa shape index (κ3) is 2.60. The number of methoxy groups -OCH3 is 1. The molecule has 0 atom stereocenters. The number of ether oxygens (including phenoxy) is 2. The van der Waals surface area contributed by atoms with E-state index in [4.69, 9.17) is 15.2 Å². The van der Waals surface area contributed by atoms with Gasteiger partial charge in [0.25, 0.3) is 0 Å². The molecule has 2 rings (SSSR count). The van der Waals surface area contributed by atoms with Crippen molar-refractivity contribution in [2.24, 2.45) is 10.7 Å². The topological polar surface area (TPSA) is 56.8 Å². The van der Waals surface area contributed by atoms with Crippen molar-refractivity contribution in [3.8, 4) is 11.5 Å². The van der Waals surface area contributed by atoms with Crippen LogP contribution in [-0.2, 0) is 5.41 Å². The summed E-state index contributed by atoms with van der Waals surface area (Å²) >= 11 is 0. The Kier molecular flexibility index (Phi) is 4.21. The largest absolute Gasteiger partial charge is 0.493 e. The molecule has 0 spiro atoms. The van der Waals surface area contributed by atoms with E-state index in [1.807, 2.05) is 12.1 Å². The Balaban J connectivity index is 2.24. The highest BCUT2D eigenvalue weighted by molar-refractivity contribution is 5.98. The van der Waals surface area contributed by atoms with Crippen molar-refractivity contribution < 1.29 is 9.47 Å². The Morgan fingerprint density at radius 1 is 1.20 bits per heavy atom. The number of rotatable bonds is 6. The molecule has 0 unspecified atom stereocenters. The summed E-state index contributed by atoms with van der Waals surface area (Å²) in [5.74, 6) is 2.13. The minimum atomic E-state index is -0.247. The lowest BCUT2D eigenvalue weighted by Crippen LogP contribution is -2.32. The first kappa shape index (κ1) is 14.7. The number of aliphatic imine (C=N–C) groups is 1. The molecule has 0 fully saturated rings. The maximum absolute atomic E-state index is 6.01. The Bertz CT molecular complexity index is 521. The average Bonchev–Trinajstić information content (AvgIpc) is 2.64. The van der Waals surface area contributed by atoms with Crippen molar-refractivity contribution >= 4 is 11.5 Å². The van der Waals surface area contributed by atoms with Crippen molar-refractivity contribution in [3.05, 3.63) is 17.7 Å². The lowest BCUT2D eigenvalue weighted by Gasteiger charge is -2.20. The molecule has 0 aromatic heterocycles. The number of unbranched alkanes of at least 4 members (excludes halogenated alkanes) is 2. The Labute approximate surface area is 121 Å². The Morgan fingerprint density at radius 2 is 1.95 bits per heavy atom. The number of hydrogen-bond donors (Lipinski definition) is 1. The number of amidine groups is 1. The summed E-state index contributed by atoms with van der Waals surface area (Å²) in [5.41, 5.74) is 7.74. The predicted molar refractivity (Wildman–Crippen MR) is 82.3 cm³/mol. The van der Waals surface area contributed by atoms with Gasteiger partial charge in [0.1, 0.15) is 5.84 Å². The molecule has 0 amide bonds. The normalized spacial score (nSPS) is 15.7.